The molecule has 0 aliphatic carbocycles. The number of anilines is 2. The van der Waals surface area contributed by atoms with Gasteiger partial charge in [0.25, 0.3) is 0 Å². The molecule has 2 N–H and O–H groups in total. The smallest absolute Gasteiger partial charge is 0.228 e. The third kappa shape index (κ3) is 4.42. The first-order valence-electron chi connectivity index (χ1n) is 10.4. The number of hydrogen-bond acceptors (Lipinski definition) is 8. The minimum atomic E-state index is -0.310. The first-order valence-corrected chi connectivity index (χ1v) is 10.4. The van der Waals surface area contributed by atoms with Crippen molar-refractivity contribution in [3.63, 3.8) is 0 Å². The van der Waals surface area contributed by atoms with Gasteiger partial charge in [-0.1, -0.05) is 12.1 Å². The Morgan fingerprint density at radius 1 is 0.906 bits per heavy atom. The molecule has 0 atom stereocenters. The van der Waals surface area contributed by atoms with Crippen LogP contribution >= 0.6 is 0 Å². The quantitative estimate of drug-likeness (QED) is 0.515. The Labute approximate surface area is 184 Å². The fraction of sp³-hybridized carbons (Fsp3) is 0.217. The summed E-state index contributed by atoms with van der Waals surface area (Å²) >= 11 is 0. The number of halogens is 1. The summed E-state index contributed by atoms with van der Waals surface area (Å²) in [6.45, 7) is 3.81. The summed E-state index contributed by atoms with van der Waals surface area (Å²) in [5.74, 6) is 2.47. The Balaban J connectivity index is 1.22. The lowest BCUT2D eigenvalue weighted by Gasteiger charge is -2.34. The van der Waals surface area contributed by atoms with Crippen LogP contribution in [0.15, 0.2) is 60.8 Å². The fourth-order valence-corrected chi connectivity index (χ4v) is 3.69. The summed E-state index contributed by atoms with van der Waals surface area (Å²) in [5, 5.41) is 0.876. The van der Waals surface area contributed by atoms with E-state index < -0.39 is 0 Å². The van der Waals surface area contributed by atoms with E-state index in [-0.39, 0.29) is 5.82 Å². The molecule has 3 heterocycles. The van der Waals surface area contributed by atoms with Gasteiger partial charge in [0.1, 0.15) is 23.2 Å². The van der Waals surface area contributed by atoms with Crippen molar-refractivity contribution in [2.45, 2.75) is 6.54 Å². The molecule has 2 aromatic heterocycles. The fourth-order valence-electron chi connectivity index (χ4n) is 3.69. The second-order valence-electron chi connectivity index (χ2n) is 7.56. The Bertz CT molecular complexity index is 1230. The van der Waals surface area contributed by atoms with Crippen LogP contribution in [0, 0.1) is 5.82 Å². The van der Waals surface area contributed by atoms with Crippen molar-refractivity contribution in [1.82, 2.24) is 24.8 Å². The van der Waals surface area contributed by atoms with Gasteiger partial charge in [0.2, 0.25) is 11.8 Å². The molecule has 162 valence electrons. The van der Waals surface area contributed by atoms with Crippen molar-refractivity contribution in [3.05, 3.63) is 72.4 Å². The summed E-state index contributed by atoms with van der Waals surface area (Å²) in [7, 11) is 0. The van der Waals surface area contributed by atoms with Gasteiger partial charge in [0.05, 0.1) is 12.1 Å². The van der Waals surface area contributed by atoms with Crippen LogP contribution < -0.4 is 15.4 Å². The Morgan fingerprint density at radius 3 is 2.50 bits per heavy atom. The van der Waals surface area contributed by atoms with Gasteiger partial charge in [-0.3, -0.25) is 4.90 Å². The van der Waals surface area contributed by atoms with Gasteiger partial charge in [0.15, 0.2) is 0 Å². The molecule has 0 saturated carbocycles. The van der Waals surface area contributed by atoms with Gasteiger partial charge in [-0.15, -0.1) is 0 Å². The minimum Gasteiger partial charge on any atom is -0.439 e. The van der Waals surface area contributed by atoms with Crippen molar-refractivity contribution >= 4 is 22.7 Å². The summed E-state index contributed by atoms with van der Waals surface area (Å²) in [6, 6.07) is 15.3. The largest absolute Gasteiger partial charge is 0.439 e. The molecule has 8 nitrogen and oxygen atoms in total. The van der Waals surface area contributed by atoms with Crippen molar-refractivity contribution in [2.75, 3.05) is 36.8 Å². The van der Waals surface area contributed by atoms with Gasteiger partial charge in [-0.2, -0.15) is 4.98 Å². The highest BCUT2D eigenvalue weighted by molar-refractivity contribution is 5.87. The van der Waals surface area contributed by atoms with Gasteiger partial charge >= 0.3 is 0 Å². The molecule has 0 bridgehead atoms. The average molecular weight is 431 g/mol. The van der Waals surface area contributed by atoms with E-state index in [0.29, 0.717) is 29.9 Å². The number of piperazine rings is 1. The Morgan fingerprint density at radius 2 is 1.69 bits per heavy atom. The van der Waals surface area contributed by atoms with Gasteiger partial charge in [-0.25, -0.2) is 19.3 Å². The lowest BCUT2D eigenvalue weighted by atomic mass is 10.2. The van der Waals surface area contributed by atoms with E-state index in [2.05, 4.69) is 29.7 Å². The number of ether oxygens (including phenoxy) is 1. The molecule has 5 rings (SSSR count). The third-order valence-corrected chi connectivity index (χ3v) is 5.35. The number of nitrogen functional groups attached to an aromatic ring is 1. The second kappa shape index (κ2) is 8.72. The van der Waals surface area contributed by atoms with Crippen LogP contribution in [0.1, 0.15) is 5.82 Å². The summed E-state index contributed by atoms with van der Waals surface area (Å²) in [6.07, 6.45) is 1.67. The molecule has 9 heteroatoms. The first-order chi connectivity index (χ1) is 15.6. The van der Waals surface area contributed by atoms with E-state index in [9.17, 15) is 4.39 Å². The molecule has 1 fully saturated rings. The molecular formula is C23H22FN7O. The molecule has 2 aromatic carbocycles. The minimum absolute atomic E-state index is 0.310. The number of benzene rings is 2. The zero-order valence-corrected chi connectivity index (χ0v) is 17.4. The van der Waals surface area contributed by atoms with E-state index in [0.717, 1.165) is 42.9 Å². The number of rotatable bonds is 5. The lowest BCUT2D eigenvalue weighted by Crippen LogP contribution is -2.46. The highest BCUT2D eigenvalue weighted by atomic mass is 19.1. The van der Waals surface area contributed by atoms with E-state index in [1.807, 2.05) is 24.3 Å². The maximum absolute atomic E-state index is 13.1. The van der Waals surface area contributed by atoms with Crippen LogP contribution in [0.3, 0.4) is 0 Å². The van der Waals surface area contributed by atoms with E-state index in [1.54, 1.807) is 24.4 Å². The first kappa shape index (κ1) is 20.1. The van der Waals surface area contributed by atoms with E-state index in [4.69, 9.17) is 10.5 Å². The SMILES string of the molecule is Nc1nc(CN2CCN(c3nccc(Oc4ccc(F)cc4)n3)CC2)nc2ccccc12. The van der Waals surface area contributed by atoms with E-state index >= 15 is 0 Å². The number of fused-ring (bicyclic) bond motifs is 1. The maximum Gasteiger partial charge on any atom is 0.228 e. The van der Waals surface area contributed by atoms with Crippen molar-refractivity contribution in [2.24, 2.45) is 0 Å². The topological polar surface area (TPSA) is 93.3 Å². The van der Waals surface area contributed by atoms with Crippen molar-refractivity contribution in [1.29, 1.82) is 0 Å². The van der Waals surface area contributed by atoms with Gasteiger partial charge < -0.3 is 15.4 Å². The lowest BCUT2D eigenvalue weighted by molar-refractivity contribution is 0.243. The summed E-state index contributed by atoms with van der Waals surface area (Å²) in [4.78, 5) is 22.4. The average Bonchev–Trinajstić information content (AvgIpc) is 2.81. The molecule has 0 unspecified atom stereocenters. The molecule has 1 aliphatic rings. The van der Waals surface area contributed by atoms with Crippen LogP contribution in [-0.2, 0) is 6.54 Å². The highest BCUT2D eigenvalue weighted by Gasteiger charge is 2.20. The zero-order valence-electron chi connectivity index (χ0n) is 17.4. The van der Waals surface area contributed by atoms with Crippen LogP contribution in [0.5, 0.6) is 11.6 Å². The summed E-state index contributed by atoms with van der Waals surface area (Å²) in [5.41, 5.74) is 6.97. The standard InChI is InChI=1S/C23H22FN7O/c24-16-5-7-17(8-6-16)32-21-9-10-26-23(29-21)31-13-11-30(12-14-31)15-20-27-19-4-2-1-3-18(19)22(25)28-20/h1-10H,11-15H2,(H2,25,27,28). The highest BCUT2D eigenvalue weighted by Crippen LogP contribution is 2.22. The molecule has 0 amide bonds. The van der Waals surface area contributed by atoms with Crippen molar-refractivity contribution < 1.29 is 9.13 Å². The third-order valence-electron chi connectivity index (χ3n) is 5.35. The van der Waals surface area contributed by atoms with Gasteiger partial charge in [0, 0.05) is 43.8 Å². The number of para-hydroxylation sites is 1. The maximum atomic E-state index is 13.1. The molecule has 4 aromatic rings. The predicted octanol–water partition coefficient (Wildman–Crippen LogP) is 3.26. The molecule has 32 heavy (non-hydrogen) atoms. The number of nitrogens with zero attached hydrogens (tertiary/aromatic N) is 6. The molecule has 1 saturated heterocycles. The van der Waals surface area contributed by atoms with Crippen LogP contribution in [0.2, 0.25) is 0 Å². The predicted molar refractivity (Wildman–Crippen MR) is 120 cm³/mol. The molecular weight excluding hydrogens is 409 g/mol. The van der Waals surface area contributed by atoms with Gasteiger partial charge in [-0.05, 0) is 36.4 Å². The molecule has 0 spiro atoms. The second-order valence-corrected chi connectivity index (χ2v) is 7.56. The van der Waals surface area contributed by atoms with Crippen LogP contribution in [0.25, 0.3) is 10.9 Å². The Kier molecular flexibility index (Phi) is 5.47. The summed E-state index contributed by atoms with van der Waals surface area (Å²) < 4.78 is 18.8. The monoisotopic (exact) mass is 431 g/mol. The zero-order chi connectivity index (χ0) is 21.9. The van der Waals surface area contributed by atoms with Crippen LogP contribution in [0.4, 0.5) is 16.2 Å². The number of hydrogen-bond donors (Lipinski definition) is 1. The number of nitrogens with two attached hydrogens (primary N) is 1. The molecule has 0 radical (unpaired) electrons. The van der Waals surface area contributed by atoms with Crippen LogP contribution in [-0.4, -0.2) is 51.0 Å². The number of aromatic nitrogens is 4. The Hall–Kier alpha value is -3.85. The normalized spacial score (nSPS) is 14.6. The van der Waals surface area contributed by atoms with Crippen molar-refractivity contribution in [3.8, 4) is 11.6 Å². The molecule has 1 aliphatic heterocycles. The van der Waals surface area contributed by atoms with E-state index in [1.165, 1.54) is 12.1 Å².